The third-order valence-electron chi connectivity index (χ3n) is 3.42. The van der Waals surface area contributed by atoms with Gasteiger partial charge < -0.3 is 15.1 Å². The number of pyridine rings is 1. The zero-order valence-corrected chi connectivity index (χ0v) is 14.9. The Morgan fingerprint density at radius 3 is 2.59 bits per heavy atom. The van der Waals surface area contributed by atoms with Gasteiger partial charge in [0.05, 0.1) is 22.7 Å². The Labute approximate surface area is 157 Å². The van der Waals surface area contributed by atoms with Crippen LogP contribution in [0.15, 0.2) is 52.2 Å². The molecule has 0 aliphatic heterocycles. The molecule has 0 unspecified atom stereocenters. The molecule has 0 aliphatic carbocycles. The van der Waals surface area contributed by atoms with E-state index >= 15 is 0 Å². The third kappa shape index (κ3) is 4.79. The van der Waals surface area contributed by atoms with Crippen LogP contribution in [0.1, 0.15) is 5.69 Å². The topological polar surface area (TPSA) is 136 Å². The molecule has 2 amide bonds. The summed E-state index contributed by atoms with van der Waals surface area (Å²) in [6.07, 6.45) is 3.43. The van der Waals surface area contributed by atoms with Gasteiger partial charge in [-0.25, -0.2) is 4.79 Å². The number of urea groups is 1. The molecule has 0 radical (unpaired) electrons. The lowest BCUT2D eigenvalue weighted by Crippen LogP contribution is -2.28. The number of rotatable bonds is 6. The zero-order chi connectivity index (χ0) is 19.2. The molecule has 0 atom stereocenters. The first-order valence-corrected chi connectivity index (χ1v) is 8.90. The number of aromatic nitrogens is 3. The Kier molecular flexibility index (Phi) is 5.61. The molecule has 1 aromatic carbocycles. The van der Waals surface area contributed by atoms with Crippen molar-refractivity contribution in [3.63, 3.8) is 0 Å². The Morgan fingerprint density at radius 2 is 2.00 bits per heavy atom. The predicted molar refractivity (Wildman–Crippen MR) is 98.3 cm³/mol. The van der Waals surface area contributed by atoms with Crippen molar-refractivity contribution in [1.29, 1.82) is 0 Å². The molecule has 10 nitrogen and oxygen atoms in total. The van der Waals surface area contributed by atoms with E-state index in [1.807, 2.05) is 6.26 Å². The summed E-state index contributed by atoms with van der Waals surface area (Å²) >= 11 is 1.35. The molecule has 3 aromatic rings. The fourth-order valence-corrected chi connectivity index (χ4v) is 2.36. The van der Waals surface area contributed by atoms with Gasteiger partial charge in [-0.2, -0.15) is 0 Å². The largest absolute Gasteiger partial charge is 0.411 e. The van der Waals surface area contributed by atoms with E-state index in [1.165, 1.54) is 36.0 Å². The normalized spacial score (nSPS) is 10.4. The minimum atomic E-state index is -0.505. The standard InChI is InChI=1S/C16H14N6O4S/c1-27-16-21-20-14(26-16)10-2-3-12(17-8-10)9-18-15(23)19-11-4-6-13(7-5-11)22(24)25/h2-8H,9H2,1H3,(H2,18,19,23). The van der Waals surface area contributed by atoms with E-state index in [0.29, 0.717) is 28.1 Å². The monoisotopic (exact) mass is 386 g/mol. The lowest BCUT2D eigenvalue weighted by molar-refractivity contribution is -0.384. The quantitative estimate of drug-likeness (QED) is 0.375. The number of hydrogen-bond donors (Lipinski definition) is 2. The van der Waals surface area contributed by atoms with Crippen LogP contribution >= 0.6 is 11.8 Å². The molecule has 2 N–H and O–H groups in total. The summed E-state index contributed by atoms with van der Waals surface area (Å²) in [6, 6.07) is 8.61. The number of benzene rings is 1. The molecule has 0 fully saturated rings. The van der Waals surface area contributed by atoms with Crippen LogP contribution in [0.2, 0.25) is 0 Å². The number of hydrogen-bond acceptors (Lipinski definition) is 8. The summed E-state index contributed by atoms with van der Waals surface area (Å²) in [7, 11) is 0. The number of amides is 2. The van der Waals surface area contributed by atoms with Gasteiger partial charge in [0, 0.05) is 24.0 Å². The molecule has 0 saturated carbocycles. The average Bonchev–Trinajstić information content (AvgIpc) is 3.16. The number of nitrogens with zero attached hydrogens (tertiary/aromatic N) is 4. The molecular weight excluding hydrogens is 372 g/mol. The van der Waals surface area contributed by atoms with E-state index < -0.39 is 11.0 Å². The predicted octanol–water partition coefficient (Wildman–Crippen LogP) is 3.08. The maximum Gasteiger partial charge on any atom is 0.319 e. The van der Waals surface area contributed by atoms with Crippen LogP contribution in [0.25, 0.3) is 11.5 Å². The Hall–Kier alpha value is -3.47. The van der Waals surface area contributed by atoms with Gasteiger partial charge in [-0.05, 0) is 30.5 Å². The fraction of sp³-hybridized carbons (Fsp3) is 0.125. The zero-order valence-electron chi connectivity index (χ0n) is 14.1. The summed E-state index contributed by atoms with van der Waals surface area (Å²) in [5, 5.41) is 24.1. The molecule has 0 aliphatic rings. The lowest BCUT2D eigenvalue weighted by atomic mass is 10.2. The molecular formula is C16H14N6O4S. The van der Waals surface area contributed by atoms with Crippen LogP contribution in [0.4, 0.5) is 16.2 Å². The number of carbonyl (C=O) groups is 1. The average molecular weight is 386 g/mol. The van der Waals surface area contributed by atoms with E-state index in [2.05, 4.69) is 25.8 Å². The number of anilines is 1. The summed E-state index contributed by atoms with van der Waals surface area (Å²) in [5.74, 6) is 0.377. The molecule has 3 rings (SSSR count). The van der Waals surface area contributed by atoms with Gasteiger partial charge in [0.25, 0.3) is 10.9 Å². The second-order valence-electron chi connectivity index (χ2n) is 5.23. The molecule has 11 heteroatoms. The van der Waals surface area contributed by atoms with E-state index in [1.54, 1.807) is 18.3 Å². The van der Waals surface area contributed by atoms with Crippen molar-refractivity contribution in [2.45, 2.75) is 11.8 Å². The van der Waals surface area contributed by atoms with Crippen LogP contribution in [-0.2, 0) is 6.54 Å². The van der Waals surface area contributed by atoms with E-state index in [9.17, 15) is 14.9 Å². The maximum absolute atomic E-state index is 11.9. The van der Waals surface area contributed by atoms with Gasteiger partial charge in [-0.3, -0.25) is 15.1 Å². The van der Waals surface area contributed by atoms with Gasteiger partial charge in [-0.15, -0.1) is 10.2 Å². The second kappa shape index (κ2) is 8.27. The van der Waals surface area contributed by atoms with Crippen molar-refractivity contribution in [2.24, 2.45) is 0 Å². The highest BCUT2D eigenvalue weighted by molar-refractivity contribution is 7.98. The van der Waals surface area contributed by atoms with Crippen molar-refractivity contribution in [3.8, 4) is 11.5 Å². The first-order valence-electron chi connectivity index (χ1n) is 7.67. The summed E-state index contributed by atoms with van der Waals surface area (Å²) < 4.78 is 5.43. The van der Waals surface area contributed by atoms with Crippen molar-refractivity contribution < 1.29 is 14.1 Å². The van der Waals surface area contributed by atoms with Gasteiger partial charge in [0.1, 0.15) is 0 Å². The summed E-state index contributed by atoms with van der Waals surface area (Å²) in [6.45, 7) is 0.207. The van der Waals surface area contributed by atoms with Crippen LogP contribution in [0.3, 0.4) is 0 Å². The molecule has 138 valence electrons. The molecule has 0 bridgehead atoms. The Morgan fingerprint density at radius 1 is 1.22 bits per heavy atom. The molecule has 2 heterocycles. The SMILES string of the molecule is CSc1nnc(-c2ccc(CNC(=O)Nc3ccc([N+](=O)[O-])cc3)nc2)o1. The number of nitrogens with one attached hydrogen (secondary N) is 2. The van der Waals surface area contributed by atoms with Crippen molar-refractivity contribution in [2.75, 3.05) is 11.6 Å². The highest BCUT2D eigenvalue weighted by Crippen LogP contribution is 2.21. The molecule has 27 heavy (non-hydrogen) atoms. The Balaban J connectivity index is 1.53. The Bertz CT molecular complexity index is 942. The van der Waals surface area contributed by atoms with E-state index in [4.69, 9.17) is 4.42 Å². The van der Waals surface area contributed by atoms with Crippen molar-refractivity contribution in [3.05, 3.63) is 58.4 Å². The summed E-state index contributed by atoms with van der Waals surface area (Å²) in [5.41, 5.74) is 1.72. The van der Waals surface area contributed by atoms with Crippen molar-refractivity contribution in [1.82, 2.24) is 20.5 Å². The number of non-ortho nitro benzene ring substituents is 1. The number of thioether (sulfide) groups is 1. The number of carbonyl (C=O) groups excluding carboxylic acids is 1. The minimum Gasteiger partial charge on any atom is -0.411 e. The number of nitro groups is 1. The molecule has 0 saturated heterocycles. The third-order valence-corrected chi connectivity index (χ3v) is 3.93. The minimum absolute atomic E-state index is 0.0452. The highest BCUT2D eigenvalue weighted by Gasteiger charge is 2.09. The van der Waals surface area contributed by atoms with Crippen LogP contribution in [0.5, 0.6) is 0 Å². The van der Waals surface area contributed by atoms with Gasteiger partial charge in [0.2, 0.25) is 5.89 Å². The van der Waals surface area contributed by atoms with Gasteiger partial charge in [-0.1, -0.05) is 11.8 Å². The lowest BCUT2D eigenvalue weighted by Gasteiger charge is -2.07. The summed E-state index contributed by atoms with van der Waals surface area (Å²) in [4.78, 5) is 26.3. The number of nitro benzene ring substituents is 1. The van der Waals surface area contributed by atoms with Crippen LogP contribution in [0, 0.1) is 10.1 Å². The second-order valence-corrected chi connectivity index (χ2v) is 5.98. The smallest absolute Gasteiger partial charge is 0.319 e. The fourth-order valence-electron chi connectivity index (χ4n) is 2.08. The van der Waals surface area contributed by atoms with Gasteiger partial charge in [0.15, 0.2) is 0 Å². The van der Waals surface area contributed by atoms with E-state index in [-0.39, 0.29) is 12.2 Å². The van der Waals surface area contributed by atoms with Crippen LogP contribution < -0.4 is 10.6 Å². The molecule has 0 spiro atoms. The maximum atomic E-state index is 11.9. The first kappa shape index (κ1) is 18.3. The van der Waals surface area contributed by atoms with Crippen LogP contribution in [-0.4, -0.2) is 32.4 Å². The van der Waals surface area contributed by atoms with E-state index in [0.717, 1.165) is 0 Å². The van der Waals surface area contributed by atoms with Gasteiger partial charge >= 0.3 is 6.03 Å². The molecule has 2 aromatic heterocycles. The first-order chi connectivity index (χ1) is 13.0. The van der Waals surface area contributed by atoms with Crippen molar-refractivity contribution >= 4 is 29.2 Å². The highest BCUT2D eigenvalue weighted by atomic mass is 32.2.